The fourth-order valence-corrected chi connectivity index (χ4v) is 3.47. The average molecular weight is 490 g/mol. The van der Waals surface area contributed by atoms with E-state index >= 15 is 0 Å². The number of hydrogen-bond donors (Lipinski definition) is 3. The quantitative estimate of drug-likeness (QED) is 0.362. The van der Waals surface area contributed by atoms with Crippen molar-refractivity contribution in [3.05, 3.63) is 89.5 Å². The summed E-state index contributed by atoms with van der Waals surface area (Å²) in [6.07, 6.45) is 0.0612. The second kappa shape index (κ2) is 11.1. The summed E-state index contributed by atoms with van der Waals surface area (Å²) in [4.78, 5) is 25.0. The molecule has 0 fully saturated rings. The summed E-state index contributed by atoms with van der Waals surface area (Å²) in [5.41, 5.74) is 3.60. The number of rotatable bonds is 6. The fourth-order valence-electron chi connectivity index (χ4n) is 3.26. The molecule has 0 aliphatic rings. The smallest absolute Gasteiger partial charge is 0.257 e. The Hall–Kier alpha value is -3.71. The summed E-state index contributed by atoms with van der Waals surface area (Å²) in [6.45, 7) is 10.3. The van der Waals surface area contributed by atoms with E-state index in [2.05, 4.69) is 36.7 Å². The molecule has 182 valence electrons. The van der Waals surface area contributed by atoms with Crippen LogP contribution in [0.4, 0.5) is 11.4 Å². The van der Waals surface area contributed by atoms with Crippen molar-refractivity contribution in [2.75, 3.05) is 10.6 Å². The summed E-state index contributed by atoms with van der Waals surface area (Å²) in [7, 11) is 0. The molecule has 0 saturated heterocycles. The van der Waals surface area contributed by atoms with Gasteiger partial charge in [-0.2, -0.15) is 0 Å². The van der Waals surface area contributed by atoms with Gasteiger partial charge in [0, 0.05) is 22.5 Å². The van der Waals surface area contributed by atoms with Gasteiger partial charge in [0.05, 0.1) is 6.10 Å². The Morgan fingerprint density at radius 1 is 0.743 bits per heavy atom. The van der Waals surface area contributed by atoms with Gasteiger partial charge in [-0.25, -0.2) is 0 Å². The number of ether oxygens (including phenoxy) is 1. The summed E-state index contributed by atoms with van der Waals surface area (Å²) in [5.74, 6) is 0.199. The molecule has 0 aliphatic carbocycles. The van der Waals surface area contributed by atoms with Crippen LogP contribution in [-0.2, 0) is 5.41 Å². The molecule has 0 aromatic heterocycles. The highest BCUT2D eigenvalue weighted by atomic mass is 32.1. The van der Waals surface area contributed by atoms with Gasteiger partial charge in [-0.1, -0.05) is 32.9 Å². The average Bonchev–Trinajstić information content (AvgIpc) is 2.80. The summed E-state index contributed by atoms with van der Waals surface area (Å²) >= 11 is 5.26. The lowest BCUT2D eigenvalue weighted by atomic mass is 9.87. The van der Waals surface area contributed by atoms with Crippen molar-refractivity contribution in [2.45, 2.75) is 46.1 Å². The van der Waals surface area contributed by atoms with E-state index in [4.69, 9.17) is 17.0 Å². The lowest BCUT2D eigenvalue weighted by molar-refractivity contribution is 0.0976. The number of benzene rings is 3. The lowest BCUT2D eigenvalue weighted by Gasteiger charge is -2.19. The number of thiocarbonyl (C=S) groups is 1. The first kappa shape index (κ1) is 25.9. The number of carbonyl (C=O) groups excluding carboxylic acids is 2. The number of anilines is 2. The molecule has 3 N–H and O–H groups in total. The number of amides is 2. The number of nitrogens with one attached hydrogen (secondary N) is 3. The van der Waals surface area contributed by atoms with Crippen LogP contribution in [0, 0.1) is 0 Å². The van der Waals surface area contributed by atoms with Crippen LogP contribution >= 0.6 is 12.2 Å². The maximum atomic E-state index is 12.6. The predicted molar refractivity (Wildman–Crippen MR) is 145 cm³/mol. The lowest BCUT2D eigenvalue weighted by Crippen LogP contribution is -2.34. The minimum Gasteiger partial charge on any atom is -0.491 e. The normalized spacial score (nSPS) is 11.0. The van der Waals surface area contributed by atoms with Gasteiger partial charge in [-0.15, -0.1) is 0 Å². The van der Waals surface area contributed by atoms with Crippen molar-refractivity contribution < 1.29 is 14.3 Å². The van der Waals surface area contributed by atoms with Gasteiger partial charge in [0.1, 0.15) is 5.75 Å². The Kier molecular flexibility index (Phi) is 8.25. The molecular weight excluding hydrogens is 458 g/mol. The first-order valence-electron chi connectivity index (χ1n) is 11.4. The van der Waals surface area contributed by atoms with E-state index in [1.165, 1.54) is 5.56 Å². The third-order valence-corrected chi connectivity index (χ3v) is 5.33. The first-order valence-corrected chi connectivity index (χ1v) is 11.8. The molecule has 6 nitrogen and oxygen atoms in total. The third kappa shape index (κ3) is 7.65. The molecule has 7 heteroatoms. The Labute approximate surface area is 212 Å². The zero-order valence-corrected chi connectivity index (χ0v) is 21.5. The summed E-state index contributed by atoms with van der Waals surface area (Å²) in [5, 5.41) is 8.70. The molecule has 0 aliphatic heterocycles. The molecule has 2 amide bonds. The highest BCUT2D eigenvalue weighted by molar-refractivity contribution is 7.80. The molecule has 3 aromatic rings. The van der Waals surface area contributed by atoms with Gasteiger partial charge < -0.3 is 15.4 Å². The maximum absolute atomic E-state index is 12.6. The van der Waals surface area contributed by atoms with Crippen LogP contribution in [-0.4, -0.2) is 23.0 Å². The van der Waals surface area contributed by atoms with Crippen molar-refractivity contribution in [1.82, 2.24) is 5.32 Å². The number of hydrogen-bond acceptors (Lipinski definition) is 4. The monoisotopic (exact) mass is 489 g/mol. The molecule has 35 heavy (non-hydrogen) atoms. The molecular formula is C28H31N3O3S. The maximum Gasteiger partial charge on any atom is 0.257 e. The topological polar surface area (TPSA) is 79.5 Å². The van der Waals surface area contributed by atoms with Gasteiger partial charge in [0.25, 0.3) is 11.8 Å². The van der Waals surface area contributed by atoms with E-state index in [0.29, 0.717) is 28.3 Å². The van der Waals surface area contributed by atoms with E-state index in [-0.39, 0.29) is 28.4 Å². The highest BCUT2D eigenvalue weighted by Crippen LogP contribution is 2.23. The van der Waals surface area contributed by atoms with E-state index in [9.17, 15) is 9.59 Å². The summed E-state index contributed by atoms with van der Waals surface area (Å²) < 4.78 is 5.59. The van der Waals surface area contributed by atoms with Crippen LogP contribution in [0.2, 0.25) is 0 Å². The molecule has 0 radical (unpaired) electrons. The Morgan fingerprint density at radius 2 is 1.23 bits per heavy atom. The Bertz CT molecular complexity index is 1180. The van der Waals surface area contributed by atoms with Crippen molar-refractivity contribution in [3.63, 3.8) is 0 Å². The molecule has 0 bridgehead atoms. The van der Waals surface area contributed by atoms with Crippen molar-refractivity contribution >= 4 is 40.5 Å². The van der Waals surface area contributed by atoms with Crippen LogP contribution in [0.15, 0.2) is 72.8 Å². The van der Waals surface area contributed by atoms with Crippen LogP contribution in [0.3, 0.4) is 0 Å². The largest absolute Gasteiger partial charge is 0.491 e. The molecule has 0 unspecified atom stereocenters. The van der Waals surface area contributed by atoms with Gasteiger partial charge in [0.2, 0.25) is 0 Å². The molecule has 3 aromatic carbocycles. The van der Waals surface area contributed by atoms with Crippen molar-refractivity contribution in [1.29, 1.82) is 0 Å². The van der Waals surface area contributed by atoms with Gasteiger partial charge in [-0.05, 0) is 97.7 Å². The van der Waals surface area contributed by atoms with Gasteiger partial charge in [-0.3, -0.25) is 14.9 Å². The van der Waals surface area contributed by atoms with Crippen LogP contribution in [0.25, 0.3) is 0 Å². The van der Waals surface area contributed by atoms with Crippen LogP contribution < -0.4 is 20.7 Å². The predicted octanol–water partition coefficient (Wildman–Crippen LogP) is 6.15. The van der Waals surface area contributed by atoms with Crippen molar-refractivity contribution in [3.8, 4) is 5.75 Å². The van der Waals surface area contributed by atoms with Crippen LogP contribution in [0.1, 0.15) is 60.9 Å². The zero-order valence-electron chi connectivity index (χ0n) is 20.6. The van der Waals surface area contributed by atoms with Crippen LogP contribution in [0.5, 0.6) is 5.75 Å². The Balaban J connectivity index is 1.52. The first-order chi connectivity index (χ1) is 16.5. The van der Waals surface area contributed by atoms with E-state index in [1.54, 1.807) is 48.5 Å². The van der Waals surface area contributed by atoms with Gasteiger partial charge in [0.15, 0.2) is 5.11 Å². The summed E-state index contributed by atoms with van der Waals surface area (Å²) in [6, 6.07) is 21.6. The van der Waals surface area contributed by atoms with E-state index in [0.717, 1.165) is 0 Å². The van der Waals surface area contributed by atoms with Gasteiger partial charge >= 0.3 is 0 Å². The van der Waals surface area contributed by atoms with Crippen molar-refractivity contribution in [2.24, 2.45) is 0 Å². The molecule has 0 atom stereocenters. The minimum absolute atomic E-state index is 0.0327. The minimum atomic E-state index is -0.319. The highest BCUT2D eigenvalue weighted by Gasteiger charge is 2.14. The second-order valence-electron chi connectivity index (χ2n) is 9.46. The van der Waals surface area contributed by atoms with E-state index in [1.807, 2.05) is 38.1 Å². The van der Waals surface area contributed by atoms with E-state index < -0.39 is 0 Å². The SMILES string of the molecule is CC(C)Oc1ccc(C(=O)NC(=S)Nc2ccc(NC(=O)c3ccc(C(C)(C)C)cc3)cc2)cc1. The Morgan fingerprint density at radius 3 is 1.74 bits per heavy atom. The molecule has 3 rings (SSSR count). The standard InChI is InChI=1S/C28H31N3O3S/c1-18(2)34-24-16-8-20(9-17-24)26(33)31-27(35)30-23-14-12-22(13-15-23)29-25(32)19-6-10-21(11-7-19)28(3,4)5/h6-18H,1-5H3,(H,29,32)(H2,30,31,33,35). The zero-order chi connectivity index (χ0) is 25.6. The molecule has 0 heterocycles. The third-order valence-electron chi connectivity index (χ3n) is 5.13. The number of carbonyl (C=O) groups is 2. The second-order valence-corrected chi connectivity index (χ2v) is 9.87. The molecule has 0 saturated carbocycles. The molecule has 0 spiro atoms. The fraction of sp³-hybridized carbons (Fsp3) is 0.250.